The molecule has 3 N–H and O–H groups in total. The molecule has 106 valence electrons. The molecule has 1 heterocycles. The highest BCUT2D eigenvalue weighted by Crippen LogP contribution is 2.38. The average Bonchev–Trinajstić information content (AvgIpc) is 2.82. The number of nitrogens with one attached hydrogen (secondary N) is 1. The van der Waals surface area contributed by atoms with E-state index in [-0.39, 0.29) is 17.5 Å². The number of aromatic amines is 1. The zero-order chi connectivity index (χ0) is 14.9. The van der Waals surface area contributed by atoms with Gasteiger partial charge in [-0.15, -0.1) is 0 Å². The maximum Gasteiger partial charge on any atom is 0.271 e. The van der Waals surface area contributed by atoms with Crippen molar-refractivity contribution in [3.8, 4) is 17.0 Å². The molecule has 0 saturated carbocycles. The quantitative estimate of drug-likeness (QED) is 0.907. The fourth-order valence-electron chi connectivity index (χ4n) is 1.65. The molecule has 8 heteroatoms. The molecule has 0 radical (unpaired) electrons. The summed E-state index contributed by atoms with van der Waals surface area (Å²) in [5.41, 5.74) is 6.05. The molecule has 6 nitrogen and oxygen atoms in total. The van der Waals surface area contributed by atoms with Gasteiger partial charge in [0.25, 0.3) is 5.91 Å². The maximum absolute atomic E-state index is 11.2. The van der Waals surface area contributed by atoms with Crippen LogP contribution in [0.15, 0.2) is 12.1 Å². The zero-order valence-corrected chi connectivity index (χ0v) is 12.3. The summed E-state index contributed by atoms with van der Waals surface area (Å²) in [6.45, 7) is 3.73. The van der Waals surface area contributed by atoms with Gasteiger partial charge in [-0.2, -0.15) is 15.4 Å². The summed E-state index contributed by atoms with van der Waals surface area (Å²) in [5, 5.41) is 10.6. The minimum atomic E-state index is -0.691. The first-order valence-electron chi connectivity index (χ1n) is 5.76. The van der Waals surface area contributed by atoms with E-state index in [1.54, 1.807) is 12.1 Å². The largest absolute Gasteiger partial charge is 0.488 e. The number of hydrogen-bond donors (Lipinski definition) is 2. The molecule has 1 aromatic heterocycles. The molecule has 0 fully saturated rings. The number of ether oxygens (including phenoxy) is 1. The lowest BCUT2D eigenvalue weighted by molar-refractivity contribution is 0.0996. The van der Waals surface area contributed by atoms with E-state index in [2.05, 4.69) is 15.4 Å². The minimum Gasteiger partial charge on any atom is -0.488 e. The van der Waals surface area contributed by atoms with E-state index in [0.29, 0.717) is 21.4 Å². The first-order chi connectivity index (χ1) is 9.40. The van der Waals surface area contributed by atoms with Gasteiger partial charge in [0.05, 0.1) is 16.1 Å². The molecule has 0 aliphatic rings. The Morgan fingerprint density at radius 3 is 2.40 bits per heavy atom. The Hall–Kier alpha value is -1.79. The number of primary amides is 1. The van der Waals surface area contributed by atoms with Gasteiger partial charge in [0, 0.05) is 5.56 Å². The SMILES string of the molecule is CC(C)Oc1c(Cl)cc(-c2n[nH]nc2C(N)=O)cc1Cl. The van der Waals surface area contributed by atoms with Crippen LogP contribution in [0.1, 0.15) is 24.3 Å². The van der Waals surface area contributed by atoms with Crippen molar-refractivity contribution in [2.24, 2.45) is 5.73 Å². The summed E-state index contributed by atoms with van der Waals surface area (Å²) in [7, 11) is 0. The van der Waals surface area contributed by atoms with Gasteiger partial charge in [0.2, 0.25) is 0 Å². The van der Waals surface area contributed by atoms with E-state index in [9.17, 15) is 4.79 Å². The molecule has 0 unspecified atom stereocenters. The van der Waals surface area contributed by atoms with E-state index in [4.69, 9.17) is 33.7 Å². The number of H-pyrrole nitrogens is 1. The van der Waals surface area contributed by atoms with E-state index < -0.39 is 5.91 Å². The Morgan fingerprint density at radius 1 is 1.30 bits per heavy atom. The van der Waals surface area contributed by atoms with Crippen LogP contribution in [-0.2, 0) is 0 Å². The first-order valence-corrected chi connectivity index (χ1v) is 6.52. The number of nitrogens with two attached hydrogens (primary N) is 1. The Morgan fingerprint density at radius 2 is 1.90 bits per heavy atom. The first kappa shape index (κ1) is 14.6. The van der Waals surface area contributed by atoms with E-state index in [0.717, 1.165) is 0 Å². The molecule has 0 bridgehead atoms. The lowest BCUT2D eigenvalue weighted by atomic mass is 10.1. The Labute approximate surface area is 125 Å². The number of hydrogen-bond acceptors (Lipinski definition) is 4. The molecule has 0 atom stereocenters. The molecule has 20 heavy (non-hydrogen) atoms. The molecule has 0 aliphatic heterocycles. The second kappa shape index (κ2) is 5.68. The van der Waals surface area contributed by atoms with Gasteiger partial charge >= 0.3 is 0 Å². The van der Waals surface area contributed by atoms with Gasteiger partial charge in [-0.3, -0.25) is 4.79 Å². The number of carbonyl (C=O) groups excluding carboxylic acids is 1. The van der Waals surface area contributed by atoms with Crippen molar-refractivity contribution in [2.45, 2.75) is 20.0 Å². The third kappa shape index (κ3) is 2.86. The molecular formula is C12H12Cl2N4O2. The van der Waals surface area contributed by atoms with Crippen molar-refractivity contribution in [1.82, 2.24) is 15.4 Å². The van der Waals surface area contributed by atoms with Crippen LogP contribution in [0.3, 0.4) is 0 Å². The summed E-state index contributed by atoms with van der Waals surface area (Å²) in [4.78, 5) is 11.2. The predicted molar refractivity (Wildman–Crippen MR) is 76.1 cm³/mol. The van der Waals surface area contributed by atoms with Crippen LogP contribution in [0.5, 0.6) is 5.75 Å². The van der Waals surface area contributed by atoms with Gasteiger partial charge in [-0.05, 0) is 26.0 Å². The normalized spacial score (nSPS) is 10.8. The number of benzene rings is 1. The highest BCUT2D eigenvalue weighted by molar-refractivity contribution is 6.37. The summed E-state index contributed by atoms with van der Waals surface area (Å²) >= 11 is 12.3. The van der Waals surface area contributed by atoms with Crippen LogP contribution in [0.4, 0.5) is 0 Å². The standard InChI is InChI=1S/C12H12Cl2N4O2/c1-5(2)20-11-7(13)3-6(4-8(11)14)9-10(12(15)19)17-18-16-9/h3-5H,1-2H3,(H2,15,19)(H,16,17,18). The van der Waals surface area contributed by atoms with Crippen LogP contribution in [0.25, 0.3) is 11.3 Å². The van der Waals surface area contributed by atoms with Gasteiger partial charge in [0.15, 0.2) is 11.4 Å². The Bertz CT molecular complexity index is 632. The van der Waals surface area contributed by atoms with E-state index >= 15 is 0 Å². The molecule has 0 saturated heterocycles. The predicted octanol–water partition coefficient (Wildman–Crippen LogP) is 2.66. The number of carbonyl (C=O) groups is 1. The minimum absolute atomic E-state index is 0.0228. The van der Waals surface area contributed by atoms with Crippen LogP contribution < -0.4 is 10.5 Å². The molecule has 1 aromatic carbocycles. The third-order valence-corrected chi connectivity index (χ3v) is 2.97. The molecule has 2 rings (SSSR count). The van der Waals surface area contributed by atoms with Gasteiger partial charge < -0.3 is 10.5 Å². The highest BCUT2D eigenvalue weighted by atomic mass is 35.5. The number of halogens is 2. The second-order valence-electron chi connectivity index (χ2n) is 4.32. The lowest BCUT2D eigenvalue weighted by Gasteiger charge is -2.14. The highest BCUT2D eigenvalue weighted by Gasteiger charge is 2.18. The summed E-state index contributed by atoms with van der Waals surface area (Å²) < 4.78 is 5.53. The van der Waals surface area contributed by atoms with Crippen molar-refractivity contribution in [3.05, 3.63) is 27.9 Å². The van der Waals surface area contributed by atoms with Crippen LogP contribution in [0, 0.1) is 0 Å². The number of aromatic nitrogens is 3. The molecule has 0 aliphatic carbocycles. The van der Waals surface area contributed by atoms with Crippen LogP contribution in [-0.4, -0.2) is 27.4 Å². The van der Waals surface area contributed by atoms with Crippen molar-refractivity contribution in [1.29, 1.82) is 0 Å². The van der Waals surface area contributed by atoms with E-state index in [1.807, 2.05) is 13.8 Å². The van der Waals surface area contributed by atoms with Gasteiger partial charge in [-0.25, -0.2) is 0 Å². The number of amides is 1. The zero-order valence-electron chi connectivity index (χ0n) is 10.8. The van der Waals surface area contributed by atoms with Gasteiger partial charge in [-0.1, -0.05) is 23.2 Å². The Balaban J connectivity index is 2.49. The third-order valence-electron chi connectivity index (χ3n) is 2.41. The molecule has 1 amide bonds. The average molecular weight is 315 g/mol. The summed E-state index contributed by atoms with van der Waals surface area (Å²) in [6.07, 6.45) is -0.0657. The fraction of sp³-hybridized carbons (Fsp3) is 0.250. The van der Waals surface area contributed by atoms with E-state index in [1.165, 1.54) is 0 Å². The van der Waals surface area contributed by atoms with Crippen molar-refractivity contribution in [3.63, 3.8) is 0 Å². The Kier molecular flexibility index (Phi) is 4.15. The van der Waals surface area contributed by atoms with Crippen molar-refractivity contribution in [2.75, 3.05) is 0 Å². The van der Waals surface area contributed by atoms with Crippen molar-refractivity contribution < 1.29 is 9.53 Å². The smallest absolute Gasteiger partial charge is 0.271 e. The van der Waals surface area contributed by atoms with Crippen LogP contribution in [0.2, 0.25) is 10.0 Å². The number of rotatable bonds is 4. The van der Waals surface area contributed by atoms with Crippen LogP contribution >= 0.6 is 23.2 Å². The number of nitrogens with zero attached hydrogens (tertiary/aromatic N) is 2. The van der Waals surface area contributed by atoms with Gasteiger partial charge in [0.1, 0.15) is 5.69 Å². The second-order valence-corrected chi connectivity index (χ2v) is 5.14. The summed E-state index contributed by atoms with van der Waals surface area (Å²) in [5.74, 6) is -0.306. The molecule has 2 aromatic rings. The maximum atomic E-state index is 11.2. The van der Waals surface area contributed by atoms with Crippen molar-refractivity contribution >= 4 is 29.1 Å². The topological polar surface area (TPSA) is 93.9 Å². The monoisotopic (exact) mass is 314 g/mol. The lowest BCUT2D eigenvalue weighted by Crippen LogP contribution is -2.12. The molecular weight excluding hydrogens is 303 g/mol. The molecule has 0 spiro atoms. The summed E-state index contributed by atoms with van der Waals surface area (Å²) in [6, 6.07) is 3.19. The fourth-order valence-corrected chi connectivity index (χ4v) is 2.23.